The fourth-order valence-corrected chi connectivity index (χ4v) is 16.5. The van der Waals surface area contributed by atoms with Crippen LogP contribution in [0.1, 0.15) is 159 Å². The van der Waals surface area contributed by atoms with E-state index in [9.17, 15) is 28.8 Å². The van der Waals surface area contributed by atoms with Crippen molar-refractivity contribution in [3.63, 3.8) is 0 Å². The van der Waals surface area contributed by atoms with Gasteiger partial charge in [-0.25, -0.2) is 15.0 Å². The summed E-state index contributed by atoms with van der Waals surface area (Å²) in [5, 5.41) is 4.70. The summed E-state index contributed by atoms with van der Waals surface area (Å²) in [7, 11) is 0. The summed E-state index contributed by atoms with van der Waals surface area (Å²) in [6, 6.07) is 63.0. The highest BCUT2D eigenvalue weighted by atomic mass is 79.9. The van der Waals surface area contributed by atoms with Crippen molar-refractivity contribution in [3.8, 4) is 0 Å². The van der Waals surface area contributed by atoms with Crippen LogP contribution in [0.25, 0.3) is 66.2 Å². The molecule has 15 rings (SSSR count). The molecule has 21 nitrogen and oxygen atoms in total. The monoisotopic (exact) mass is 1660 g/mol. The van der Waals surface area contributed by atoms with Crippen LogP contribution in [0, 0.1) is 26.7 Å². The molecule has 7 aromatic heterocycles. The number of nitrogens with two attached hydrogens (primary N) is 3. The third-order valence-electron chi connectivity index (χ3n) is 20.6. The topological polar surface area (TPSA) is 283 Å². The van der Waals surface area contributed by atoms with Crippen LogP contribution in [0.3, 0.4) is 0 Å². The first-order chi connectivity index (χ1) is 56.2. The van der Waals surface area contributed by atoms with E-state index in [1.807, 2.05) is 233 Å². The summed E-state index contributed by atoms with van der Waals surface area (Å²) >= 11 is 11.3. The largest absolute Gasteiger partial charge is 0.448 e. The lowest BCUT2D eigenvalue weighted by Gasteiger charge is -2.35. The number of aromatic nitrogens is 6. The van der Waals surface area contributed by atoms with Crippen molar-refractivity contribution in [2.45, 2.75) is 118 Å². The molecule has 0 aliphatic heterocycles. The van der Waals surface area contributed by atoms with Crippen molar-refractivity contribution in [1.29, 1.82) is 0 Å². The number of fused-ring (bicyclic) bond motifs is 9. The smallest absolute Gasteiger partial charge is 0.297 e. The zero-order valence-electron chi connectivity index (χ0n) is 66.0. The Morgan fingerprint density at radius 2 is 0.853 bits per heavy atom. The summed E-state index contributed by atoms with van der Waals surface area (Å²) in [5.41, 5.74) is 27.8. The third kappa shape index (κ3) is 18.0. The van der Waals surface area contributed by atoms with E-state index in [0.29, 0.717) is 136 Å². The number of benzene rings is 8. The van der Waals surface area contributed by atoms with Gasteiger partial charge in [-0.3, -0.25) is 42.5 Å². The summed E-state index contributed by atoms with van der Waals surface area (Å²) < 4.78 is 23.9. The molecule has 15 aromatic rings. The maximum absolute atomic E-state index is 14.1. The summed E-state index contributed by atoms with van der Waals surface area (Å²) in [6.45, 7) is 17.1. The number of carbonyl (C=O) groups excluding carboxylic acids is 3. The normalized spacial score (nSPS) is 12.3. The van der Waals surface area contributed by atoms with Gasteiger partial charge < -0.3 is 45.2 Å². The molecule has 0 aliphatic rings. The molecule has 3 unspecified atom stereocenters. The maximum Gasteiger partial charge on any atom is 0.297 e. The molecule has 116 heavy (non-hydrogen) atoms. The number of nitrogens with zero attached hydrogens (tertiary/aromatic N) is 9. The van der Waals surface area contributed by atoms with Crippen molar-refractivity contribution in [2.75, 3.05) is 39.3 Å². The highest BCUT2D eigenvalue weighted by Gasteiger charge is 2.36. The zero-order valence-corrected chi connectivity index (χ0v) is 69.2. The molecular formula is C92H94BrClN12O9S. The Balaban J connectivity index is 0.000000151. The number of hydrogen-bond acceptors (Lipinski definition) is 16. The molecule has 3 amide bonds. The molecule has 0 bridgehead atoms. The van der Waals surface area contributed by atoms with Gasteiger partial charge in [0.1, 0.15) is 50.8 Å². The van der Waals surface area contributed by atoms with E-state index in [1.54, 1.807) is 41.7 Å². The molecule has 0 saturated carbocycles. The second kappa shape index (κ2) is 37.4. The van der Waals surface area contributed by atoms with Crippen LogP contribution in [0.4, 0.5) is 0 Å². The van der Waals surface area contributed by atoms with Gasteiger partial charge in [-0.1, -0.05) is 190 Å². The van der Waals surface area contributed by atoms with Crippen LogP contribution >= 0.6 is 38.9 Å². The van der Waals surface area contributed by atoms with E-state index in [-0.39, 0.29) is 76.7 Å². The van der Waals surface area contributed by atoms with Gasteiger partial charge in [0, 0.05) is 85.3 Å². The van der Waals surface area contributed by atoms with Gasteiger partial charge in [0.15, 0.2) is 0 Å². The van der Waals surface area contributed by atoms with E-state index in [2.05, 4.69) is 29.8 Å². The summed E-state index contributed by atoms with van der Waals surface area (Å²) in [6.07, 6.45) is 3.50. The first-order valence-electron chi connectivity index (χ1n) is 39.2. The lowest BCUT2D eigenvalue weighted by Crippen LogP contribution is -2.43. The maximum atomic E-state index is 14.1. The molecule has 3 atom stereocenters. The minimum absolute atomic E-state index is 0.0848. The third-order valence-corrected chi connectivity index (χ3v) is 22.5. The number of furan rings is 3. The number of hydrogen-bond donors (Lipinski definition) is 3. The second-order valence-electron chi connectivity index (χ2n) is 29.4. The van der Waals surface area contributed by atoms with Gasteiger partial charge in [0.25, 0.3) is 34.4 Å². The molecule has 0 saturated heterocycles. The molecule has 24 heteroatoms. The van der Waals surface area contributed by atoms with Crippen molar-refractivity contribution in [3.05, 3.63) is 319 Å². The SMILES string of the molecule is CCCC(c1nc2c(oc3ccccc32)c(=O)n1Cc1ccccc1)N(CCCN)C(=O)c1ccc(C)cc1.CCCC(c1nc2c(oc3ccccc32)c(=O)n1Cc1ccccc1)N(CCN)C(=O)c1ccc(C)cc1.Cc1ccc(C(=O)N(CCN)C(c2nc3c(oc4ccc(Cl)cc43)c(=O)n2Cc2cc(Br)cs2)C(C)C)cc1. The quantitative estimate of drug-likeness (QED) is 0.0431. The van der Waals surface area contributed by atoms with Gasteiger partial charge in [-0.05, 0) is 164 Å². The van der Waals surface area contributed by atoms with E-state index >= 15 is 0 Å². The van der Waals surface area contributed by atoms with Crippen LogP contribution in [0.15, 0.2) is 244 Å². The summed E-state index contributed by atoms with van der Waals surface area (Å²) in [5.74, 6) is 1.09. The fourth-order valence-electron chi connectivity index (χ4n) is 14.9. The number of thiophene rings is 1. The van der Waals surface area contributed by atoms with Crippen LogP contribution < -0.4 is 33.9 Å². The number of aryl methyl sites for hydroxylation is 3. The Kier molecular flexibility index (Phi) is 26.6. The van der Waals surface area contributed by atoms with Gasteiger partial charge in [0.2, 0.25) is 16.7 Å². The number of carbonyl (C=O) groups is 3. The van der Waals surface area contributed by atoms with Crippen LogP contribution in [-0.2, 0) is 19.6 Å². The molecule has 8 aromatic carbocycles. The number of halogens is 2. The Hall–Kier alpha value is -11.4. The van der Waals surface area contributed by atoms with Gasteiger partial charge in [-0.2, -0.15) is 0 Å². The Morgan fingerprint density at radius 1 is 0.466 bits per heavy atom. The van der Waals surface area contributed by atoms with Crippen LogP contribution in [-0.4, -0.2) is 100 Å². The van der Waals surface area contributed by atoms with E-state index < -0.39 is 18.1 Å². The van der Waals surface area contributed by atoms with Crippen molar-refractivity contribution in [2.24, 2.45) is 23.1 Å². The van der Waals surface area contributed by atoms with E-state index in [4.69, 9.17) is 57.0 Å². The Labute approximate surface area is 689 Å². The minimum Gasteiger partial charge on any atom is -0.448 e. The van der Waals surface area contributed by atoms with E-state index in [0.717, 1.165) is 60.8 Å². The first-order valence-corrected chi connectivity index (χ1v) is 41.3. The Bertz CT molecular complexity index is 6180. The number of para-hydroxylation sites is 2. The summed E-state index contributed by atoms with van der Waals surface area (Å²) in [4.78, 5) is 105. The highest BCUT2D eigenvalue weighted by Crippen LogP contribution is 2.37. The lowest BCUT2D eigenvalue weighted by atomic mass is 9.99. The van der Waals surface area contributed by atoms with Gasteiger partial charge >= 0.3 is 0 Å². The Morgan fingerprint density at radius 3 is 1.27 bits per heavy atom. The predicted molar refractivity (Wildman–Crippen MR) is 466 cm³/mol. The van der Waals surface area contributed by atoms with Gasteiger partial charge in [0.05, 0.1) is 37.8 Å². The molecule has 0 fully saturated rings. The van der Waals surface area contributed by atoms with E-state index in [1.165, 1.54) is 11.3 Å². The molecule has 6 N–H and O–H groups in total. The highest BCUT2D eigenvalue weighted by molar-refractivity contribution is 9.10. The second-order valence-corrected chi connectivity index (χ2v) is 31.7. The molecular weight excluding hydrogens is 1560 g/mol. The predicted octanol–water partition coefficient (Wildman–Crippen LogP) is 18.0. The lowest BCUT2D eigenvalue weighted by molar-refractivity contribution is 0.0610. The van der Waals surface area contributed by atoms with Crippen molar-refractivity contribution < 1.29 is 27.6 Å². The first kappa shape index (κ1) is 82.5. The average Bonchev–Trinajstić information content (AvgIpc) is 1.55. The van der Waals surface area contributed by atoms with Crippen LogP contribution in [0.5, 0.6) is 0 Å². The standard InChI is InChI=1S/C32H34N4O3.C31H32N4O3.C29H28BrClN4O3S/c1-3-10-26(35(20-9-19-33)31(37)24-17-15-22(2)16-18-24)30-34-28-25-13-7-8-14-27(25)39-29(28)32(38)36(30)21-23-11-5-4-6-12-23;1-3-9-25(34(19-18-32)30(36)23-16-14-21(2)15-17-23)29-33-27-24-12-7-8-13-26(24)38-28(27)31(37)35(29)20-22-10-5-4-6-11-22;1-16(2)25(34(11-10-32)28(36)18-6-4-17(3)5-7-18)27-33-24-22-13-20(31)8-9-23(22)38-26(24)29(37)35(27)14-21-12-19(30)15-39-21/h4-8,11-18,26H,3,9-10,19-21,33H2,1-2H3;4-8,10-17,25H,3,9,18-20,32H2,1-2H3;4-9,12-13,15-16,25H,10-11,14,32H2,1-3H3. The molecule has 0 spiro atoms. The molecule has 0 radical (unpaired) electrons. The fraction of sp³-hybridized carbons (Fsp3) is 0.272. The molecule has 596 valence electrons. The molecule has 0 aliphatic carbocycles. The molecule has 7 heterocycles. The van der Waals surface area contributed by atoms with Gasteiger partial charge in [-0.15, -0.1) is 11.3 Å². The van der Waals surface area contributed by atoms with Crippen molar-refractivity contribution >= 4 is 123 Å². The van der Waals surface area contributed by atoms with Crippen molar-refractivity contribution in [1.82, 2.24) is 43.4 Å². The minimum atomic E-state index is -0.535. The zero-order chi connectivity index (χ0) is 81.8. The average molecular weight is 1660 g/mol. The number of rotatable bonds is 27. The number of amides is 3. The van der Waals surface area contributed by atoms with Crippen LogP contribution in [0.2, 0.25) is 5.02 Å².